The standard InChI is InChI=1S/C16H21F3N4O4/c1-15(2,3)27-14(26)23-6-4-9(5-7-23)20-11-8-10(12(24)25)21-13(22-11)16(17,18)19/h8-9H,4-7H2,1-3H3,(H,24,25)(H,20,21,22). The predicted octanol–water partition coefficient (Wildman–Crippen LogP) is 3.01. The highest BCUT2D eigenvalue weighted by Gasteiger charge is 2.36. The average molecular weight is 390 g/mol. The summed E-state index contributed by atoms with van der Waals surface area (Å²) in [6, 6.07) is 0.693. The monoisotopic (exact) mass is 390 g/mol. The number of carbonyl (C=O) groups is 2. The lowest BCUT2D eigenvalue weighted by Gasteiger charge is -2.34. The Hall–Kier alpha value is -2.59. The third kappa shape index (κ3) is 5.97. The van der Waals surface area contributed by atoms with E-state index >= 15 is 0 Å². The Labute approximate surface area is 153 Å². The topological polar surface area (TPSA) is 105 Å². The minimum Gasteiger partial charge on any atom is -0.477 e. The van der Waals surface area contributed by atoms with Crippen LogP contribution in [0.2, 0.25) is 0 Å². The number of aromatic carboxylic acids is 1. The summed E-state index contributed by atoms with van der Waals surface area (Å²) in [5, 5.41) is 11.8. The molecule has 0 unspecified atom stereocenters. The molecule has 11 heteroatoms. The molecule has 1 aliphatic rings. The number of carboxylic acid groups (broad SMARTS) is 1. The van der Waals surface area contributed by atoms with Crippen LogP contribution in [-0.2, 0) is 10.9 Å². The van der Waals surface area contributed by atoms with Crippen LogP contribution in [0.5, 0.6) is 0 Å². The fraction of sp³-hybridized carbons (Fsp3) is 0.625. The van der Waals surface area contributed by atoms with Gasteiger partial charge in [0.05, 0.1) is 0 Å². The van der Waals surface area contributed by atoms with Crippen molar-refractivity contribution < 1.29 is 32.6 Å². The second-order valence-corrected chi connectivity index (χ2v) is 7.15. The predicted molar refractivity (Wildman–Crippen MR) is 88.4 cm³/mol. The van der Waals surface area contributed by atoms with Crippen molar-refractivity contribution in [2.45, 2.75) is 51.4 Å². The average Bonchev–Trinajstić information content (AvgIpc) is 2.52. The van der Waals surface area contributed by atoms with E-state index in [1.165, 1.54) is 4.90 Å². The Balaban J connectivity index is 2.03. The second-order valence-electron chi connectivity index (χ2n) is 7.15. The van der Waals surface area contributed by atoms with Crippen molar-refractivity contribution in [3.05, 3.63) is 17.6 Å². The first kappa shape index (κ1) is 20.7. The summed E-state index contributed by atoms with van der Waals surface area (Å²) in [6.45, 7) is 5.98. The molecule has 2 rings (SSSR count). The van der Waals surface area contributed by atoms with Crippen molar-refractivity contribution >= 4 is 17.9 Å². The van der Waals surface area contributed by atoms with Crippen LogP contribution in [-0.4, -0.2) is 56.8 Å². The molecule has 8 nitrogen and oxygen atoms in total. The molecule has 0 saturated carbocycles. The molecular formula is C16H21F3N4O4. The summed E-state index contributed by atoms with van der Waals surface area (Å²) >= 11 is 0. The number of alkyl halides is 3. The van der Waals surface area contributed by atoms with Crippen molar-refractivity contribution in [1.82, 2.24) is 14.9 Å². The molecular weight excluding hydrogens is 369 g/mol. The van der Waals surface area contributed by atoms with Gasteiger partial charge in [0, 0.05) is 25.2 Å². The highest BCUT2D eigenvalue weighted by Crippen LogP contribution is 2.28. The zero-order chi connectivity index (χ0) is 20.4. The molecule has 1 saturated heterocycles. The number of anilines is 1. The van der Waals surface area contributed by atoms with Gasteiger partial charge in [-0.2, -0.15) is 13.2 Å². The van der Waals surface area contributed by atoms with Crippen LogP contribution in [0.15, 0.2) is 6.07 Å². The first-order valence-electron chi connectivity index (χ1n) is 8.29. The minimum atomic E-state index is -4.86. The Morgan fingerprint density at radius 2 is 1.81 bits per heavy atom. The summed E-state index contributed by atoms with van der Waals surface area (Å²) in [6.07, 6.45) is -4.40. The van der Waals surface area contributed by atoms with Gasteiger partial charge in [0.25, 0.3) is 0 Å². The normalized spacial score (nSPS) is 16.1. The number of rotatable bonds is 3. The zero-order valence-electron chi connectivity index (χ0n) is 15.1. The number of aromatic nitrogens is 2. The van der Waals surface area contributed by atoms with Crippen LogP contribution in [0.1, 0.15) is 49.9 Å². The van der Waals surface area contributed by atoms with Gasteiger partial charge in [0.1, 0.15) is 11.4 Å². The van der Waals surface area contributed by atoms with Gasteiger partial charge in [-0.05, 0) is 33.6 Å². The van der Waals surface area contributed by atoms with E-state index in [1.807, 2.05) is 0 Å². The largest absolute Gasteiger partial charge is 0.477 e. The number of carboxylic acids is 1. The van der Waals surface area contributed by atoms with E-state index in [1.54, 1.807) is 20.8 Å². The number of piperidine rings is 1. The van der Waals surface area contributed by atoms with Crippen LogP contribution in [0.3, 0.4) is 0 Å². The molecule has 2 N–H and O–H groups in total. The number of hydrogen-bond acceptors (Lipinski definition) is 6. The van der Waals surface area contributed by atoms with Gasteiger partial charge in [0.2, 0.25) is 5.82 Å². The minimum absolute atomic E-state index is 0.217. The first-order valence-corrected chi connectivity index (χ1v) is 8.29. The van der Waals surface area contributed by atoms with E-state index in [0.717, 1.165) is 6.07 Å². The molecule has 0 aliphatic carbocycles. The Bertz CT molecular complexity index is 711. The molecule has 1 aliphatic heterocycles. The molecule has 1 amide bonds. The molecule has 0 bridgehead atoms. The number of nitrogens with one attached hydrogen (secondary N) is 1. The van der Waals surface area contributed by atoms with Crippen LogP contribution in [0.25, 0.3) is 0 Å². The Morgan fingerprint density at radius 1 is 1.22 bits per heavy atom. The van der Waals surface area contributed by atoms with E-state index in [9.17, 15) is 22.8 Å². The number of hydrogen-bond donors (Lipinski definition) is 2. The lowest BCUT2D eigenvalue weighted by atomic mass is 10.1. The first-order chi connectivity index (χ1) is 12.3. The highest BCUT2D eigenvalue weighted by atomic mass is 19.4. The third-order valence-corrected chi connectivity index (χ3v) is 3.70. The van der Waals surface area contributed by atoms with Crippen LogP contribution in [0, 0.1) is 0 Å². The van der Waals surface area contributed by atoms with Crippen molar-refractivity contribution in [3.8, 4) is 0 Å². The number of nitrogens with zero attached hydrogens (tertiary/aromatic N) is 3. The van der Waals surface area contributed by atoms with Gasteiger partial charge in [-0.25, -0.2) is 19.6 Å². The number of carbonyl (C=O) groups excluding carboxylic acids is 1. The Kier molecular flexibility index (Phi) is 5.81. The van der Waals surface area contributed by atoms with Crippen LogP contribution < -0.4 is 5.32 Å². The molecule has 1 aromatic rings. The Morgan fingerprint density at radius 3 is 2.30 bits per heavy atom. The zero-order valence-corrected chi connectivity index (χ0v) is 15.1. The lowest BCUT2D eigenvalue weighted by molar-refractivity contribution is -0.144. The molecule has 2 heterocycles. The summed E-state index contributed by atoms with van der Waals surface area (Å²) in [5.41, 5.74) is -1.36. The lowest BCUT2D eigenvalue weighted by Crippen LogP contribution is -2.44. The number of halogens is 3. The third-order valence-electron chi connectivity index (χ3n) is 3.70. The van der Waals surface area contributed by atoms with Gasteiger partial charge in [-0.1, -0.05) is 0 Å². The van der Waals surface area contributed by atoms with Gasteiger partial charge in [0.15, 0.2) is 5.69 Å². The summed E-state index contributed by atoms with van der Waals surface area (Å²) in [5.74, 6) is -3.31. The van der Waals surface area contributed by atoms with Crippen molar-refractivity contribution in [1.29, 1.82) is 0 Å². The van der Waals surface area contributed by atoms with Crippen molar-refractivity contribution in [3.63, 3.8) is 0 Å². The second kappa shape index (κ2) is 7.57. The number of amides is 1. The van der Waals surface area contributed by atoms with Crippen LogP contribution in [0.4, 0.5) is 23.8 Å². The quantitative estimate of drug-likeness (QED) is 0.817. The molecule has 0 aromatic carbocycles. The van der Waals surface area contributed by atoms with E-state index < -0.39 is 35.4 Å². The highest BCUT2D eigenvalue weighted by molar-refractivity contribution is 5.86. The van der Waals surface area contributed by atoms with E-state index in [0.29, 0.717) is 25.9 Å². The van der Waals surface area contributed by atoms with Crippen molar-refractivity contribution in [2.24, 2.45) is 0 Å². The summed E-state index contributed by atoms with van der Waals surface area (Å²) < 4.78 is 43.9. The maximum Gasteiger partial charge on any atom is 0.451 e. The smallest absolute Gasteiger partial charge is 0.451 e. The fourth-order valence-electron chi connectivity index (χ4n) is 2.50. The maximum atomic E-state index is 12.9. The fourth-order valence-corrected chi connectivity index (χ4v) is 2.50. The van der Waals surface area contributed by atoms with Crippen LogP contribution >= 0.6 is 0 Å². The molecule has 0 radical (unpaired) electrons. The van der Waals surface area contributed by atoms with E-state index in [-0.39, 0.29) is 11.9 Å². The summed E-state index contributed by atoms with van der Waals surface area (Å²) in [7, 11) is 0. The molecule has 0 atom stereocenters. The molecule has 1 aromatic heterocycles. The maximum absolute atomic E-state index is 12.9. The molecule has 0 spiro atoms. The van der Waals surface area contributed by atoms with Crippen molar-refractivity contribution in [2.75, 3.05) is 18.4 Å². The van der Waals surface area contributed by atoms with Gasteiger partial charge < -0.3 is 20.1 Å². The number of likely N-dealkylation sites (tertiary alicyclic amines) is 1. The molecule has 1 fully saturated rings. The number of ether oxygens (including phenoxy) is 1. The van der Waals surface area contributed by atoms with Gasteiger partial charge in [-0.15, -0.1) is 0 Å². The van der Waals surface area contributed by atoms with Gasteiger partial charge in [-0.3, -0.25) is 0 Å². The van der Waals surface area contributed by atoms with E-state index in [4.69, 9.17) is 9.84 Å². The molecule has 27 heavy (non-hydrogen) atoms. The van der Waals surface area contributed by atoms with E-state index in [2.05, 4.69) is 15.3 Å². The van der Waals surface area contributed by atoms with Gasteiger partial charge >= 0.3 is 18.2 Å². The SMILES string of the molecule is CC(C)(C)OC(=O)N1CCC(Nc2cc(C(=O)O)nc(C(F)(F)F)n2)CC1. The summed E-state index contributed by atoms with van der Waals surface area (Å²) in [4.78, 5) is 30.9. The molecule has 150 valence electrons.